The Morgan fingerprint density at radius 3 is 2.32 bits per heavy atom. The van der Waals surface area contributed by atoms with E-state index in [4.69, 9.17) is 4.74 Å². The lowest BCUT2D eigenvalue weighted by molar-refractivity contribution is 0.0601. The summed E-state index contributed by atoms with van der Waals surface area (Å²) < 4.78 is 32.6. The van der Waals surface area contributed by atoms with Gasteiger partial charge in [-0.25, -0.2) is 13.2 Å². The smallest absolute Gasteiger partial charge is 0.341 e. The number of benzene rings is 1. The Morgan fingerprint density at radius 1 is 1.00 bits per heavy atom. The van der Waals surface area contributed by atoms with Gasteiger partial charge < -0.3 is 10.1 Å². The lowest BCUT2D eigenvalue weighted by Crippen LogP contribution is -2.38. The van der Waals surface area contributed by atoms with Crippen LogP contribution < -0.4 is 5.32 Å². The minimum absolute atomic E-state index is 0.0209. The quantitative estimate of drug-likeness (QED) is 0.441. The summed E-state index contributed by atoms with van der Waals surface area (Å²) in [4.78, 5) is 26.8. The number of anilines is 1. The predicted octanol–water partition coefficient (Wildman–Crippen LogP) is 5.01. The largest absolute Gasteiger partial charge is 0.465 e. The summed E-state index contributed by atoms with van der Waals surface area (Å²) in [7, 11) is -0.639. The number of nitrogens with one attached hydrogen (secondary N) is 1. The van der Waals surface area contributed by atoms with E-state index in [0.717, 1.165) is 74.6 Å². The van der Waals surface area contributed by atoms with E-state index in [-0.39, 0.29) is 16.8 Å². The molecule has 1 aromatic carbocycles. The van der Waals surface area contributed by atoms with Crippen LogP contribution in [0.15, 0.2) is 29.2 Å². The van der Waals surface area contributed by atoms with Crippen LogP contribution in [0.3, 0.4) is 0 Å². The molecule has 1 amide bonds. The van der Waals surface area contributed by atoms with Gasteiger partial charge in [-0.15, -0.1) is 11.3 Å². The van der Waals surface area contributed by atoms with Gasteiger partial charge in [0.2, 0.25) is 10.0 Å². The fraction of sp³-hybridized carbons (Fsp3) is 0.520. The first-order valence-corrected chi connectivity index (χ1v) is 14.2. The number of hydrogen-bond acceptors (Lipinski definition) is 6. The number of methoxy groups -OCH3 is 1. The SMILES string of the molecule is COC(=O)c1c(NC(=O)c2ccc(S(=O)(=O)N(C)C3CCCCC3)cc2)sc2c1CCCCC2. The van der Waals surface area contributed by atoms with Crippen LogP contribution in [0.25, 0.3) is 0 Å². The Balaban J connectivity index is 1.53. The molecule has 184 valence electrons. The van der Waals surface area contributed by atoms with Crippen LogP contribution in [0, 0.1) is 0 Å². The molecule has 1 aromatic heterocycles. The number of ether oxygens (including phenoxy) is 1. The van der Waals surface area contributed by atoms with Crippen molar-refractivity contribution in [2.75, 3.05) is 19.5 Å². The summed E-state index contributed by atoms with van der Waals surface area (Å²) in [6.45, 7) is 0. The molecular weight excluding hydrogens is 472 g/mol. The molecule has 9 heteroatoms. The Bertz CT molecular complexity index is 1150. The molecular formula is C25H32N2O5S2. The molecule has 1 fully saturated rings. The van der Waals surface area contributed by atoms with E-state index in [1.54, 1.807) is 7.05 Å². The number of aryl methyl sites for hydroxylation is 1. The molecule has 1 saturated carbocycles. The molecule has 0 bridgehead atoms. The summed E-state index contributed by atoms with van der Waals surface area (Å²) in [5, 5.41) is 3.37. The van der Waals surface area contributed by atoms with Crippen molar-refractivity contribution in [3.05, 3.63) is 45.8 Å². The highest BCUT2D eigenvalue weighted by Gasteiger charge is 2.30. The lowest BCUT2D eigenvalue weighted by atomic mass is 9.96. The Hall–Kier alpha value is -2.23. The second kappa shape index (κ2) is 10.6. The molecule has 2 aliphatic carbocycles. The summed E-state index contributed by atoms with van der Waals surface area (Å²) in [5.74, 6) is -0.826. The van der Waals surface area contributed by atoms with Crippen molar-refractivity contribution < 1.29 is 22.7 Å². The van der Waals surface area contributed by atoms with Crippen LogP contribution in [0.2, 0.25) is 0 Å². The third kappa shape index (κ3) is 5.06. The maximum Gasteiger partial charge on any atom is 0.341 e. The van der Waals surface area contributed by atoms with Crippen molar-refractivity contribution in [3.8, 4) is 0 Å². The van der Waals surface area contributed by atoms with E-state index in [0.29, 0.717) is 16.1 Å². The van der Waals surface area contributed by atoms with Crippen LogP contribution in [-0.4, -0.2) is 44.8 Å². The molecule has 0 saturated heterocycles. The van der Waals surface area contributed by atoms with E-state index in [9.17, 15) is 18.0 Å². The topological polar surface area (TPSA) is 92.8 Å². The van der Waals surface area contributed by atoms with Crippen LogP contribution in [-0.2, 0) is 27.6 Å². The van der Waals surface area contributed by atoms with Crippen LogP contribution >= 0.6 is 11.3 Å². The number of esters is 1. The third-order valence-electron chi connectivity index (χ3n) is 6.92. The molecule has 0 spiro atoms. The number of sulfonamides is 1. The Labute approximate surface area is 205 Å². The van der Waals surface area contributed by atoms with E-state index < -0.39 is 16.0 Å². The molecule has 34 heavy (non-hydrogen) atoms. The van der Waals surface area contributed by atoms with Gasteiger partial charge in [0.05, 0.1) is 17.6 Å². The van der Waals surface area contributed by atoms with Gasteiger partial charge in [0.1, 0.15) is 5.00 Å². The monoisotopic (exact) mass is 504 g/mol. The molecule has 2 aromatic rings. The highest BCUT2D eigenvalue weighted by atomic mass is 32.2. The molecule has 0 unspecified atom stereocenters. The lowest BCUT2D eigenvalue weighted by Gasteiger charge is -2.30. The molecule has 0 aliphatic heterocycles. The van der Waals surface area contributed by atoms with E-state index in [1.165, 1.54) is 47.0 Å². The first kappa shape index (κ1) is 24.9. The number of amides is 1. The number of thiophene rings is 1. The molecule has 4 rings (SSSR count). The Kier molecular flexibility index (Phi) is 7.74. The maximum absolute atomic E-state index is 13.1. The molecule has 2 aliphatic rings. The summed E-state index contributed by atoms with van der Waals surface area (Å²) in [5.41, 5.74) is 1.77. The molecule has 0 radical (unpaired) electrons. The van der Waals surface area contributed by atoms with Crippen molar-refractivity contribution in [3.63, 3.8) is 0 Å². The number of hydrogen-bond donors (Lipinski definition) is 1. The van der Waals surface area contributed by atoms with Crippen molar-refractivity contribution in [1.82, 2.24) is 4.31 Å². The number of carbonyl (C=O) groups excluding carboxylic acids is 2. The zero-order valence-electron chi connectivity index (χ0n) is 19.8. The van der Waals surface area contributed by atoms with Gasteiger partial charge in [0.25, 0.3) is 5.91 Å². The van der Waals surface area contributed by atoms with Crippen molar-refractivity contribution in [2.24, 2.45) is 0 Å². The zero-order chi connectivity index (χ0) is 24.3. The fourth-order valence-corrected chi connectivity index (χ4v) is 7.60. The summed E-state index contributed by atoms with van der Waals surface area (Å²) in [6, 6.07) is 6.02. The number of rotatable bonds is 6. The second-order valence-corrected chi connectivity index (χ2v) is 12.2. The maximum atomic E-state index is 13.1. The van der Waals surface area contributed by atoms with Gasteiger partial charge in [0, 0.05) is 23.5 Å². The van der Waals surface area contributed by atoms with E-state index in [2.05, 4.69) is 5.32 Å². The summed E-state index contributed by atoms with van der Waals surface area (Å²) in [6.07, 6.45) is 9.88. The fourth-order valence-electron chi connectivity index (χ4n) is 4.91. The van der Waals surface area contributed by atoms with Gasteiger partial charge in [-0.05, 0) is 68.4 Å². The van der Waals surface area contributed by atoms with Gasteiger partial charge >= 0.3 is 5.97 Å². The number of nitrogens with zero attached hydrogens (tertiary/aromatic N) is 1. The van der Waals surface area contributed by atoms with Crippen molar-refractivity contribution >= 4 is 38.2 Å². The number of fused-ring (bicyclic) bond motifs is 1. The van der Waals surface area contributed by atoms with Gasteiger partial charge in [-0.2, -0.15) is 4.31 Å². The highest BCUT2D eigenvalue weighted by molar-refractivity contribution is 7.89. The second-order valence-electron chi connectivity index (χ2n) is 9.05. The van der Waals surface area contributed by atoms with Crippen LogP contribution in [0.1, 0.15) is 82.5 Å². The van der Waals surface area contributed by atoms with Gasteiger partial charge in [-0.3, -0.25) is 4.79 Å². The van der Waals surface area contributed by atoms with Gasteiger partial charge in [0.15, 0.2) is 0 Å². The normalized spacial score (nSPS) is 17.1. The van der Waals surface area contributed by atoms with E-state index >= 15 is 0 Å². The molecule has 1 N–H and O–H groups in total. The third-order valence-corrected chi connectivity index (χ3v) is 10.1. The predicted molar refractivity (Wildman–Crippen MR) is 133 cm³/mol. The zero-order valence-corrected chi connectivity index (χ0v) is 21.4. The average Bonchev–Trinajstić information content (AvgIpc) is 3.03. The minimum atomic E-state index is -3.62. The van der Waals surface area contributed by atoms with E-state index in [1.807, 2.05) is 0 Å². The van der Waals surface area contributed by atoms with Crippen molar-refractivity contribution in [2.45, 2.75) is 75.1 Å². The highest BCUT2D eigenvalue weighted by Crippen LogP contribution is 2.38. The minimum Gasteiger partial charge on any atom is -0.465 e. The first-order chi connectivity index (χ1) is 16.3. The number of carbonyl (C=O) groups is 2. The van der Waals surface area contributed by atoms with Crippen LogP contribution in [0.5, 0.6) is 0 Å². The first-order valence-electron chi connectivity index (χ1n) is 11.9. The van der Waals surface area contributed by atoms with Gasteiger partial charge in [-0.1, -0.05) is 25.7 Å². The molecule has 1 heterocycles. The Morgan fingerprint density at radius 2 is 1.65 bits per heavy atom. The molecule has 0 atom stereocenters. The van der Waals surface area contributed by atoms with Crippen molar-refractivity contribution in [1.29, 1.82) is 0 Å². The summed E-state index contributed by atoms with van der Waals surface area (Å²) >= 11 is 1.43. The average molecular weight is 505 g/mol. The standard InChI is InChI=1S/C25H32N2O5S2/c1-27(18-9-5-3-6-10-18)34(30,31)19-15-13-17(14-16-19)23(28)26-24-22(25(29)32-2)20-11-7-4-8-12-21(20)33-24/h13-16,18H,3-12H2,1-2H3,(H,26,28). The molecule has 7 nitrogen and oxygen atoms in total. The van der Waals surface area contributed by atoms with Crippen LogP contribution in [0.4, 0.5) is 5.00 Å².